The van der Waals surface area contributed by atoms with Crippen LogP contribution in [0.2, 0.25) is 0 Å². The predicted molar refractivity (Wildman–Crippen MR) is 137 cm³/mol. The number of para-hydroxylation sites is 1. The third-order valence-corrected chi connectivity index (χ3v) is 7.73. The van der Waals surface area contributed by atoms with Crippen LogP contribution in [0.1, 0.15) is 30.6 Å². The third kappa shape index (κ3) is 6.44. The zero-order valence-corrected chi connectivity index (χ0v) is 21.7. The van der Waals surface area contributed by atoms with Gasteiger partial charge >= 0.3 is 0 Å². The summed E-state index contributed by atoms with van der Waals surface area (Å²) < 4.78 is 31.3. The Labute approximate surface area is 205 Å². The zero-order valence-electron chi connectivity index (χ0n) is 19.3. The second-order valence-corrected chi connectivity index (χ2v) is 10.9. The number of carbonyl (C=O) groups excluding carboxylic acids is 1. The molecule has 1 heterocycles. The van der Waals surface area contributed by atoms with E-state index in [1.165, 1.54) is 23.5 Å². The van der Waals surface area contributed by atoms with E-state index in [1.807, 2.05) is 39.2 Å². The molecule has 0 spiro atoms. The third-order valence-electron chi connectivity index (χ3n) is 4.95. The first-order chi connectivity index (χ1) is 15.3. The predicted octanol–water partition coefficient (Wildman–Crippen LogP) is 4.51. The maximum Gasteiger partial charge on any atom is 0.260 e. The topological polar surface area (TPSA) is 79.8 Å². The number of nitrogens with zero attached hydrogens (tertiary/aromatic N) is 3. The van der Waals surface area contributed by atoms with E-state index in [9.17, 15) is 13.2 Å². The lowest BCUT2D eigenvalue weighted by molar-refractivity contribution is 0.0986. The van der Waals surface area contributed by atoms with Gasteiger partial charge in [0.05, 0.1) is 22.0 Å². The van der Waals surface area contributed by atoms with Crippen molar-refractivity contribution >= 4 is 54.8 Å². The van der Waals surface area contributed by atoms with Crippen LogP contribution >= 0.6 is 23.7 Å². The smallest absolute Gasteiger partial charge is 0.260 e. The van der Waals surface area contributed by atoms with Crippen LogP contribution in [0.5, 0.6) is 5.75 Å². The molecule has 7 nitrogen and oxygen atoms in total. The molecule has 2 aromatic carbocycles. The lowest BCUT2D eigenvalue weighted by atomic mass is 10.2. The molecule has 0 radical (unpaired) electrons. The van der Waals surface area contributed by atoms with Crippen molar-refractivity contribution in [1.29, 1.82) is 0 Å². The van der Waals surface area contributed by atoms with Gasteiger partial charge in [0.1, 0.15) is 11.3 Å². The summed E-state index contributed by atoms with van der Waals surface area (Å²) in [6.45, 7) is 5.31. The Morgan fingerprint density at radius 3 is 2.48 bits per heavy atom. The quantitative estimate of drug-likeness (QED) is 0.398. The summed E-state index contributed by atoms with van der Waals surface area (Å²) in [5.74, 6) is 0.396. The second kappa shape index (κ2) is 11.8. The molecule has 0 saturated carbocycles. The molecule has 0 aliphatic rings. The molecule has 1 amide bonds. The molecule has 0 unspecified atom stereocenters. The van der Waals surface area contributed by atoms with E-state index in [2.05, 4.69) is 4.90 Å². The van der Waals surface area contributed by atoms with Crippen molar-refractivity contribution in [2.45, 2.75) is 25.2 Å². The Morgan fingerprint density at radius 2 is 1.82 bits per heavy atom. The van der Waals surface area contributed by atoms with Gasteiger partial charge in [0.2, 0.25) is 0 Å². The number of aromatic nitrogens is 1. The molecule has 0 fully saturated rings. The molecule has 0 aliphatic heterocycles. The molecule has 1 aromatic heterocycles. The molecule has 10 heteroatoms. The number of hydrogen-bond donors (Lipinski definition) is 0. The number of fused-ring (bicyclic) bond motifs is 1. The second-order valence-electron chi connectivity index (χ2n) is 7.58. The lowest BCUT2D eigenvalue weighted by Crippen LogP contribution is -2.33. The lowest BCUT2D eigenvalue weighted by Gasteiger charge is -2.21. The maximum atomic E-state index is 13.5. The maximum absolute atomic E-state index is 13.5. The summed E-state index contributed by atoms with van der Waals surface area (Å²) >= 11 is 1.42. The van der Waals surface area contributed by atoms with E-state index < -0.39 is 9.84 Å². The van der Waals surface area contributed by atoms with Crippen LogP contribution in [0, 0.1) is 0 Å². The summed E-state index contributed by atoms with van der Waals surface area (Å²) in [7, 11) is 0.555. The summed E-state index contributed by atoms with van der Waals surface area (Å²) in [5, 5.41) is 0.569. The number of anilines is 1. The number of ether oxygens (including phenoxy) is 1. The minimum Gasteiger partial charge on any atom is -0.492 e. The van der Waals surface area contributed by atoms with Crippen molar-refractivity contribution in [3.8, 4) is 5.75 Å². The van der Waals surface area contributed by atoms with Crippen LogP contribution in [-0.4, -0.2) is 63.8 Å². The largest absolute Gasteiger partial charge is 0.492 e. The fourth-order valence-corrected chi connectivity index (χ4v) is 5.21. The Balaban J connectivity index is 0.00000385. The van der Waals surface area contributed by atoms with Crippen molar-refractivity contribution in [2.75, 3.05) is 44.4 Å². The van der Waals surface area contributed by atoms with Gasteiger partial charge in [-0.15, -0.1) is 12.4 Å². The molecular formula is C23H30ClN3O4S2. The van der Waals surface area contributed by atoms with Crippen LogP contribution < -0.4 is 9.64 Å². The molecule has 0 saturated heterocycles. The highest BCUT2D eigenvalue weighted by Crippen LogP contribution is 2.35. The number of benzene rings is 2. The highest BCUT2D eigenvalue weighted by Gasteiger charge is 2.23. The van der Waals surface area contributed by atoms with Gasteiger partial charge in [0.25, 0.3) is 5.91 Å². The molecule has 180 valence electrons. The molecule has 0 N–H and O–H groups in total. The fraction of sp³-hybridized carbons (Fsp3) is 0.391. The van der Waals surface area contributed by atoms with E-state index in [4.69, 9.17) is 9.72 Å². The number of hydrogen-bond acceptors (Lipinski definition) is 7. The van der Waals surface area contributed by atoms with Gasteiger partial charge < -0.3 is 9.64 Å². The van der Waals surface area contributed by atoms with E-state index in [-0.39, 0.29) is 29.0 Å². The average molecular weight is 512 g/mol. The van der Waals surface area contributed by atoms with Crippen LogP contribution in [0.25, 0.3) is 10.2 Å². The number of sulfone groups is 1. The number of carbonyl (C=O) groups is 1. The average Bonchev–Trinajstić information content (AvgIpc) is 3.21. The van der Waals surface area contributed by atoms with E-state index >= 15 is 0 Å². The number of rotatable bonds is 10. The fourth-order valence-electron chi connectivity index (χ4n) is 3.27. The number of thiazole rings is 1. The van der Waals surface area contributed by atoms with Gasteiger partial charge in [-0.1, -0.05) is 30.4 Å². The van der Waals surface area contributed by atoms with Crippen LogP contribution in [0.3, 0.4) is 0 Å². The zero-order chi connectivity index (χ0) is 23.3. The Kier molecular flexibility index (Phi) is 9.66. The molecule has 0 aliphatic carbocycles. The minimum atomic E-state index is -3.41. The molecule has 0 bridgehead atoms. The van der Waals surface area contributed by atoms with Gasteiger partial charge in [-0.25, -0.2) is 13.4 Å². The Bertz CT molecular complexity index is 1200. The summed E-state index contributed by atoms with van der Waals surface area (Å²) in [6.07, 6.45) is 0.750. The Morgan fingerprint density at radius 1 is 1.09 bits per heavy atom. The van der Waals surface area contributed by atoms with Crippen LogP contribution in [-0.2, 0) is 9.84 Å². The number of amides is 1. The molecule has 0 atom stereocenters. The van der Waals surface area contributed by atoms with E-state index in [0.29, 0.717) is 29.6 Å². The van der Waals surface area contributed by atoms with Crippen molar-refractivity contribution in [3.63, 3.8) is 0 Å². The molecule has 33 heavy (non-hydrogen) atoms. The SMILES string of the molecule is CCOc1cccc2sc(N(CCCN(C)C)C(=O)c3cccc(S(=O)(=O)CC)c3)nc12.Cl. The van der Waals surface area contributed by atoms with Gasteiger partial charge in [-0.2, -0.15) is 0 Å². The number of halogens is 1. The van der Waals surface area contributed by atoms with Gasteiger partial charge in [-0.3, -0.25) is 9.69 Å². The van der Waals surface area contributed by atoms with E-state index in [0.717, 1.165) is 23.2 Å². The normalized spacial score (nSPS) is 11.4. The first kappa shape index (κ1) is 27.0. The monoisotopic (exact) mass is 511 g/mol. The van der Waals surface area contributed by atoms with Crippen molar-refractivity contribution < 1.29 is 17.9 Å². The summed E-state index contributed by atoms with van der Waals surface area (Å²) in [6, 6.07) is 12.0. The highest BCUT2D eigenvalue weighted by atomic mass is 35.5. The Hall–Kier alpha value is -2.20. The molecule has 3 aromatic rings. The van der Waals surface area contributed by atoms with Crippen LogP contribution in [0.4, 0.5) is 5.13 Å². The van der Waals surface area contributed by atoms with Gasteiger partial charge in [0.15, 0.2) is 15.0 Å². The van der Waals surface area contributed by atoms with Gasteiger partial charge in [-0.05, 0) is 64.3 Å². The first-order valence-corrected chi connectivity index (χ1v) is 13.1. The van der Waals surface area contributed by atoms with Crippen LogP contribution in [0.15, 0.2) is 47.4 Å². The minimum absolute atomic E-state index is 0. The highest BCUT2D eigenvalue weighted by molar-refractivity contribution is 7.91. The molecular weight excluding hydrogens is 482 g/mol. The van der Waals surface area contributed by atoms with Crippen molar-refractivity contribution in [1.82, 2.24) is 9.88 Å². The van der Waals surface area contributed by atoms with Crippen molar-refractivity contribution in [3.05, 3.63) is 48.0 Å². The van der Waals surface area contributed by atoms with Gasteiger partial charge in [0, 0.05) is 12.1 Å². The first-order valence-electron chi connectivity index (χ1n) is 10.6. The van der Waals surface area contributed by atoms with Crippen molar-refractivity contribution in [2.24, 2.45) is 0 Å². The van der Waals surface area contributed by atoms with E-state index in [1.54, 1.807) is 24.0 Å². The summed E-state index contributed by atoms with van der Waals surface area (Å²) in [5.41, 5.74) is 1.05. The standard InChI is InChI=1S/C23H29N3O4S2.ClH/c1-5-30-19-12-8-13-20-21(19)24-23(31-20)26(15-9-14-25(3)4)22(27)17-10-7-11-18(16-17)32(28,29)6-2;/h7-8,10-13,16H,5-6,9,14-15H2,1-4H3;1H. The molecule has 3 rings (SSSR count). The summed E-state index contributed by atoms with van der Waals surface area (Å²) in [4.78, 5) is 22.1.